The van der Waals surface area contributed by atoms with E-state index in [9.17, 15) is 9.59 Å². The molecule has 1 aliphatic carbocycles. The Morgan fingerprint density at radius 1 is 1.12 bits per heavy atom. The van der Waals surface area contributed by atoms with Crippen LogP contribution >= 0.6 is 0 Å². The topological polar surface area (TPSA) is 75.6 Å². The van der Waals surface area contributed by atoms with Crippen LogP contribution in [0.5, 0.6) is 5.75 Å². The molecule has 25 heavy (non-hydrogen) atoms. The molecule has 2 atom stereocenters. The summed E-state index contributed by atoms with van der Waals surface area (Å²) in [7, 11) is 0. The molecule has 0 heterocycles. The lowest BCUT2D eigenvalue weighted by Crippen LogP contribution is -2.33. The van der Waals surface area contributed by atoms with E-state index in [4.69, 9.17) is 9.84 Å². The van der Waals surface area contributed by atoms with Gasteiger partial charge in [-0.3, -0.25) is 9.59 Å². The Kier molecular flexibility index (Phi) is 5.53. The van der Waals surface area contributed by atoms with Crippen molar-refractivity contribution in [1.29, 1.82) is 0 Å². The molecule has 0 unspecified atom stereocenters. The first-order valence-corrected chi connectivity index (χ1v) is 8.76. The van der Waals surface area contributed by atoms with Crippen LogP contribution in [-0.4, -0.2) is 29.6 Å². The van der Waals surface area contributed by atoms with Crippen LogP contribution in [-0.2, 0) is 9.59 Å². The molecule has 2 aromatic rings. The van der Waals surface area contributed by atoms with E-state index in [-0.39, 0.29) is 17.9 Å². The molecule has 1 saturated carbocycles. The van der Waals surface area contributed by atoms with Crippen LogP contribution < -0.4 is 10.1 Å². The van der Waals surface area contributed by atoms with Gasteiger partial charge in [0.15, 0.2) is 0 Å². The van der Waals surface area contributed by atoms with Gasteiger partial charge >= 0.3 is 5.97 Å². The van der Waals surface area contributed by atoms with Crippen LogP contribution in [0.3, 0.4) is 0 Å². The van der Waals surface area contributed by atoms with Gasteiger partial charge in [0.05, 0.1) is 12.5 Å². The van der Waals surface area contributed by atoms with Crippen molar-refractivity contribution in [1.82, 2.24) is 5.32 Å². The number of ether oxygens (including phenoxy) is 1. The molecule has 132 valence electrons. The first-order chi connectivity index (χ1) is 12.1. The highest BCUT2D eigenvalue weighted by atomic mass is 16.5. The number of aliphatic carboxylic acids is 1. The Morgan fingerprint density at radius 2 is 1.92 bits per heavy atom. The maximum absolute atomic E-state index is 12.0. The average Bonchev–Trinajstić information content (AvgIpc) is 3.07. The van der Waals surface area contributed by atoms with Gasteiger partial charge in [-0.15, -0.1) is 0 Å². The molecule has 1 amide bonds. The summed E-state index contributed by atoms with van der Waals surface area (Å²) in [5.74, 6) is -0.281. The average molecular weight is 341 g/mol. The minimum Gasteiger partial charge on any atom is -0.493 e. The predicted molar refractivity (Wildman–Crippen MR) is 95.6 cm³/mol. The predicted octanol–water partition coefficient (Wildman–Crippen LogP) is 3.37. The highest BCUT2D eigenvalue weighted by molar-refractivity contribution is 5.88. The van der Waals surface area contributed by atoms with Crippen molar-refractivity contribution in [2.75, 3.05) is 6.61 Å². The van der Waals surface area contributed by atoms with E-state index >= 15 is 0 Å². The molecule has 5 nitrogen and oxygen atoms in total. The summed E-state index contributed by atoms with van der Waals surface area (Å²) in [6.07, 6.45) is 2.94. The highest BCUT2D eigenvalue weighted by Gasteiger charge is 2.30. The van der Waals surface area contributed by atoms with Crippen molar-refractivity contribution in [3.05, 3.63) is 42.5 Å². The fraction of sp³-hybridized carbons (Fsp3) is 0.400. The Morgan fingerprint density at radius 3 is 2.72 bits per heavy atom. The van der Waals surface area contributed by atoms with Crippen molar-refractivity contribution in [2.24, 2.45) is 5.92 Å². The zero-order valence-corrected chi connectivity index (χ0v) is 14.1. The van der Waals surface area contributed by atoms with Gasteiger partial charge in [-0.05, 0) is 37.1 Å². The van der Waals surface area contributed by atoms with E-state index in [0.29, 0.717) is 32.3 Å². The summed E-state index contributed by atoms with van der Waals surface area (Å²) in [5.41, 5.74) is 0. The zero-order valence-electron chi connectivity index (χ0n) is 14.1. The van der Waals surface area contributed by atoms with Crippen LogP contribution in [0.2, 0.25) is 0 Å². The second kappa shape index (κ2) is 8.01. The maximum Gasteiger partial charge on any atom is 0.306 e. The Hall–Kier alpha value is -2.56. The van der Waals surface area contributed by atoms with Crippen LogP contribution in [0.4, 0.5) is 0 Å². The molecule has 0 bridgehead atoms. The molecular formula is C20H23NO4. The molecule has 3 rings (SSSR count). The summed E-state index contributed by atoms with van der Waals surface area (Å²) in [5, 5.41) is 14.1. The van der Waals surface area contributed by atoms with Gasteiger partial charge < -0.3 is 15.2 Å². The molecule has 0 radical (unpaired) electrons. The van der Waals surface area contributed by atoms with Crippen molar-refractivity contribution in [3.8, 4) is 5.75 Å². The SMILES string of the molecule is O=C(CCCOc1cccc2ccccc12)N[C@H]1CC[C@@H](C(=O)O)C1. The van der Waals surface area contributed by atoms with Gasteiger partial charge in [-0.25, -0.2) is 0 Å². The van der Waals surface area contributed by atoms with Crippen LogP contribution in [0.25, 0.3) is 10.8 Å². The zero-order chi connectivity index (χ0) is 17.6. The third-order valence-corrected chi connectivity index (χ3v) is 4.70. The molecule has 0 aliphatic heterocycles. The fourth-order valence-electron chi connectivity index (χ4n) is 3.37. The smallest absolute Gasteiger partial charge is 0.306 e. The fourth-order valence-corrected chi connectivity index (χ4v) is 3.37. The van der Waals surface area contributed by atoms with Gasteiger partial charge in [0.1, 0.15) is 5.75 Å². The van der Waals surface area contributed by atoms with Gasteiger partial charge in [0.25, 0.3) is 0 Å². The number of fused-ring (bicyclic) bond motifs is 1. The number of benzene rings is 2. The van der Waals surface area contributed by atoms with E-state index in [0.717, 1.165) is 22.9 Å². The summed E-state index contributed by atoms with van der Waals surface area (Å²) >= 11 is 0. The number of carboxylic acid groups (broad SMARTS) is 1. The molecule has 1 aliphatic rings. The minimum atomic E-state index is -0.764. The molecule has 0 spiro atoms. The lowest BCUT2D eigenvalue weighted by atomic mass is 10.1. The first kappa shape index (κ1) is 17.3. The van der Waals surface area contributed by atoms with Gasteiger partial charge in [-0.2, -0.15) is 0 Å². The normalized spacial score (nSPS) is 19.7. The largest absolute Gasteiger partial charge is 0.493 e. The van der Waals surface area contributed by atoms with Gasteiger partial charge in [0.2, 0.25) is 5.91 Å². The minimum absolute atomic E-state index is 0.00687. The Labute approximate surface area is 147 Å². The molecule has 1 fully saturated rings. The second-order valence-corrected chi connectivity index (χ2v) is 6.54. The molecular weight excluding hydrogens is 318 g/mol. The molecule has 5 heteroatoms. The second-order valence-electron chi connectivity index (χ2n) is 6.54. The summed E-state index contributed by atoms with van der Waals surface area (Å²) < 4.78 is 5.83. The van der Waals surface area contributed by atoms with Crippen molar-refractivity contribution < 1.29 is 19.4 Å². The number of hydrogen-bond donors (Lipinski definition) is 2. The van der Waals surface area contributed by atoms with E-state index in [1.54, 1.807) is 0 Å². The van der Waals surface area contributed by atoms with Crippen LogP contribution in [0.15, 0.2) is 42.5 Å². The number of carbonyl (C=O) groups is 2. The van der Waals surface area contributed by atoms with E-state index < -0.39 is 5.97 Å². The van der Waals surface area contributed by atoms with Crippen molar-refractivity contribution >= 4 is 22.6 Å². The summed E-state index contributed by atoms with van der Waals surface area (Å²) in [6, 6.07) is 14.0. The first-order valence-electron chi connectivity index (χ1n) is 8.76. The van der Waals surface area contributed by atoms with Crippen molar-refractivity contribution in [2.45, 2.75) is 38.1 Å². The number of amides is 1. The van der Waals surface area contributed by atoms with Gasteiger partial charge in [-0.1, -0.05) is 36.4 Å². The molecule has 0 saturated heterocycles. The van der Waals surface area contributed by atoms with E-state index in [1.807, 2.05) is 42.5 Å². The summed E-state index contributed by atoms with van der Waals surface area (Å²) in [4.78, 5) is 22.9. The monoisotopic (exact) mass is 341 g/mol. The Bertz CT molecular complexity index is 753. The number of hydrogen-bond acceptors (Lipinski definition) is 3. The molecule has 0 aromatic heterocycles. The number of carboxylic acids is 1. The highest BCUT2D eigenvalue weighted by Crippen LogP contribution is 2.26. The number of nitrogens with one attached hydrogen (secondary N) is 1. The maximum atomic E-state index is 12.0. The van der Waals surface area contributed by atoms with Gasteiger partial charge in [0, 0.05) is 17.8 Å². The number of carbonyl (C=O) groups excluding carboxylic acids is 1. The number of rotatable bonds is 7. The molecule has 2 aromatic carbocycles. The third kappa shape index (κ3) is 4.50. The van der Waals surface area contributed by atoms with Crippen LogP contribution in [0, 0.1) is 5.92 Å². The quantitative estimate of drug-likeness (QED) is 0.757. The summed E-state index contributed by atoms with van der Waals surface area (Å²) in [6.45, 7) is 0.476. The van der Waals surface area contributed by atoms with E-state index in [2.05, 4.69) is 5.32 Å². The molecule has 2 N–H and O–H groups in total. The Balaban J connectivity index is 1.41. The van der Waals surface area contributed by atoms with E-state index in [1.165, 1.54) is 0 Å². The lowest BCUT2D eigenvalue weighted by molar-refractivity contribution is -0.141. The van der Waals surface area contributed by atoms with Crippen LogP contribution in [0.1, 0.15) is 32.1 Å². The standard InChI is InChI=1S/C20H23NO4/c22-19(21-16-11-10-15(13-16)20(23)24)9-4-12-25-18-8-3-6-14-5-1-2-7-17(14)18/h1-3,5-8,15-16H,4,9-13H2,(H,21,22)(H,23,24)/t15-,16+/m1/s1. The van der Waals surface area contributed by atoms with Crippen molar-refractivity contribution in [3.63, 3.8) is 0 Å². The lowest BCUT2D eigenvalue weighted by Gasteiger charge is -2.13. The third-order valence-electron chi connectivity index (χ3n) is 4.70.